The number of nitrogens with one attached hydrogen (secondary N) is 1. The number of aromatic nitrogens is 3. The van der Waals surface area contributed by atoms with Crippen molar-refractivity contribution >= 4 is 11.3 Å². The third-order valence-electron chi connectivity index (χ3n) is 2.32. The fourth-order valence-electron chi connectivity index (χ4n) is 1.49. The zero-order valence-corrected chi connectivity index (χ0v) is 7.84. The van der Waals surface area contributed by atoms with E-state index in [1.807, 2.05) is 17.9 Å². The SMILES string of the molecule is c1nc(C2CC2)c(-c2cn[nH]c2)s1. The van der Waals surface area contributed by atoms with Crippen LogP contribution in [-0.2, 0) is 0 Å². The number of thiazole rings is 1. The molecule has 2 heterocycles. The Bertz CT molecular complexity index is 400. The molecule has 1 aliphatic carbocycles. The highest BCUT2D eigenvalue weighted by molar-refractivity contribution is 7.13. The highest BCUT2D eigenvalue weighted by Gasteiger charge is 2.28. The Labute approximate surface area is 79.8 Å². The maximum absolute atomic E-state index is 4.41. The highest BCUT2D eigenvalue weighted by Crippen LogP contribution is 2.44. The second-order valence-corrected chi connectivity index (χ2v) is 4.18. The van der Waals surface area contributed by atoms with Crippen LogP contribution in [0.2, 0.25) is 0 Å². The van der Waals surface area contributed by atoms with Crippen LogP contribution >= 0.6 is 11.3 Å². The number of hydrogen-bond acceptors (Lipinski definition) is 3. The summed E-state index contributed by atoms with van der Waals surface area (Å²) < 4.78 is 0. The molecule has 1 aliphatic rings. The second kappa shape index (κ2) is 2.67. The van der Waals surface area contributed by atoms with Gasteiger partial charge in [-0.1, -0.05) is 0 Å². The Hall–Kier alpha value is -1.16. The fraction of sp³-hybridized carbons (Fsp3) is 0.333. The molecule has 0 aromatic carbocycles. The van der Waals surface area contributed by atoms with Crippen LogP contribution in [0, 0.1) is 0 Å². The smallest absolute Gasteiger partial charge is 0.0801 e. The minimum atomic E-state index is 0.719. The second-order valence-electron chi connectivity index (χ2n) is 3.33. The third kappa shape index (κ3) is 1.18. The van der Waals surface area contributed by atoms with Gasteiger partial charge in [0.05, 0.1) is 22.3 Å². The average molecular weight is 191 g/mol. The predicted octanol–water partition coefficient (Wildman–Crippen LogP) is 2.41. The summed E-state index contributed by atoms with van der Waals surface area (Å²) in [5.41, 5.74) is 4.37. The van der Waals surface area contributed by atoms with Crippen molar-refractivity contribution in [3.05, 3.63) is 23.6 Å². The molecule has 0 unspecified atom stereocenters. The molecule has 0 atom stereocenters. The molecule has 0 spiro atoms. The van der Waals surface area contributed by atoms with Crippen molar-refractivity contribution in [3.8, 4) is 10.4 Å². The van der Waals surface area contributed by atoms with Crippen molar-refractivity contribution in [2.45, 2.75) is 18.8 Å². The van der Waals surface area contributed by atoms with Crippen LogP contribution in [0.25, 0.3) is 10.4 Å². The number of nitrogens with zero attached hydrogens (tertiary/aromatic N) is 2. The molecular weight excluding hydrogens is 182 g/mol. The van der Waals surface area contributed by atoms with E-state index in [1.165, 1.54) is 29.0 Å². The lowest BCUT2D eigenvalue weighted by molar-refractivity contribution is 1.05. The molecule has 0 amide bonds. The van der Waals surface area contributed by atoms with Crippen LogP contribution in [0.3, 0.4) is 0 Å². The van der Waals surface area contributed by atoms with Gasteiger partial charge in [-0.2, -0.15) is 5.10 Å². The van der Waals surface area contributed by atoms with Gasteiger partial charge in [0.1, 0.15) is 0 Å². The van der Waals surface area contributed by atoms with E-state index >= 15 is 0 Å². The first-order valence-electron chi connectivity index (χ1n) is 4.37. The Morgan fingerprint density at radius 2 is 2.38 bits per heavy atom. The molecule has 1 fully saturated rings. The van der Waals surface area contributed by atoms with Gasteiger partial charge in [0, 0.05) is 17.7 Å². The number of rotatable bonds is 2. The number of aromatic amines is 1. The molecule has 0 saturated heterocycles. The van der Waals surface area contributed by atoms with E-state index in [0.29, 0.717) is 0 Å². The molecular formula is C9H9N3S. The van der Waals surface area contributed by atoms with E-state index in [1.54, 1.807) is 11.3 Å². The van der Waals surface area contributed by atoms with Crippen LogP contribution in [0.5, 0.6) is 0 Å². The van der Waals surface area contributed by atoms with Gasteiger partial charge < -0.3 is 0 Å². The normalized spacial score (nSPS) is 16.3. The van der Waals surface area contributed by atoms with E-state index in [4.69, 9.17) is 0 Å². The maximum Gasteiger partial charge on any atom is 0.0801 e. The zero-order valence-electron chi connectivity index (χ0n) is 7.03. The minimum absolute atomic E-state index is 0.719. The van der Waals surface area contributed by atoms with Crippen LogP contribution in [0.15, 0.2) is 17.9 Å². The summed E-state index contributed by atoms with van der Waals surface area (Å²) in [6.07, 6.45) is 6.39. The summed E-state index contributed by atoms with van der Waals surface area (Å²) in [5, 5.41) is 6.79. The third-order valence-corrected chi connectivity index (χ3v) is 3.21. The molecule has 1 saturated carbocycles. The molecule has 1 N–H and O–H groups in total. The molecule has 3 rings (SSSR count). The molecule has 0 aliphatic heterocycles. The monoisotopic (exact) mass is 191 g/mol. The Morgan fingerprint density at radius 1 is 1.46 bits per heavy atom. The first-order valence-corrected chi connectivity index (χ1v) is 5.25. The predicted molar refractivity (Wildman–Crippen MR) is 51.7 cm³/mol. The van der Waals surface area contributed by atoms with Crippen LogP contribution in [0.4, 0.5) is 0 Å². The van der Waals surface area contributed by atoms with E-state index < -0.39 is 0 Å². The van der Waals surface area contributed by atoms with Gasteiger partial charge in [-0.15, -0.1) is 11.3 Å². The van der Waals surface area contributed by atoms with Crippen molar-refractivity contribution in [3.63, 3.8) is 0 Å². The van der Waals surface area contributed by atoms with E-state index in [-0.39, 0.29) is 0 Å². The maximum atomic E-state index is 4.41. The van der Waals surface area contributed by atoms with Gasteiger partial charge in [-0.05, 0) is 12.8 Å². The Kier molecular flexibility index (Phi) is 1.49. The van der Waals surface area contributed by atoms with Crippen molar-refractivity contribution in [2.24, 2.45) is 0 Å². The average Bonchev–Trinajstić information content (AvgIpc) is 2.72. The van der Waals surface area contributed by atoms with Gasteiger partial charge in [0.25, 0.3) is 0 Å². The van der Waals surface area contributed by atoms with Gasteiger partial charge in [-0.25, -0.2) is 4.98 Å². The van der Waals surface area contributed by atoms with Gasteiger partial charge in [0.15, 0.2) is 0 Å². The molecule has 2 aromatic heterocycles. The minimum Gasteiger partial charge on any atom is -0.285 e. The number of H-pyrrole nitrogens is 1. The lowest BCUT2D eigenvalue weighted by atomic mass is 10.2. The summed E-state index contributed by atoms with van der Waals surface area (Å²) in [7, 11) is 0. The van der Waals surface area contributed by atoms with Crippen molar-refractivity contribution in [1.29, 1.82) is 0 Å². The van der Waals surface area contributed by atoms with Gasteiger partial charge >= 0.3 is 0 Å². The summed E-state index contributed by atoms with van der Waals surface area (Å²) in [4.78, 5) is 5.70. The topological polar surface area (TPSA) is 41.6 Å². The standard InChI is InChI=1S/C9H9N3S/c1-2-6(1)8-9(13-5-10-8)7-3-11-12-4-7/h3-6H,1-2H2,(H,11,12). The van der Waals surface area contributed by atoms with E-state index in [0.717, 1.165) is 5.92 Å². The van der Waals surface area contributed by atoms with Crippen molar-refractivity contribution < 1.29 is 0 Å². The van der Waals surface area contributed by atoms with E-state index in [2.05, 4.69) is 15.2 Å². The molecule has 0 radical (unpaired) electrons. The summed E-state index contributed by atoms with van der Waals surface area (Å²) in [5.74, 6) is 0.719. The summed E-state index contributed by atoms with van der Waals surface area (Å²) >= 11 is 1.70. The molecule has 0 bridgehead atoms. The van der Waals surface area contributed by atoms with E-state index in [9.17, 15) is 0 Å². The number of hydrogen-bond donors (Lipinski definition) is 1. The largest absolute Gasteiger partial charge is 0.285 e. The first kappa shape index (κ1) is 7.26. The lowest BCUT2D eigenvalue weighted by Gasteiger charge is -1.95. The first-order chi connectivity index (χ1) is 6.45. The molecule has 2 aromatic rings. The van der Waals surface area contributed by atoms with Crippen LogP contribution < -0.4 is 0 Å². The molecule has 3 nitrogen and oxygen atoms in total. The fourth-order valence-corrected chi connectivity index (χ4v) is 2.35. The van der Waals surface area contributed by atoms with Crippen molar-refractivity contribution in [1.82, 2.24) is 15.2 Å². The quantitative estimate of drug-likeness (QED) is 0.792. The zero-order chi connectivity index (χ0) is 8.67. The Balaban J connectivity index is 2.08. The highest BCUT2D eigenvalue weighted by atomic mass is 32.1. The van der Waals surface area contributed by atoms with Crippen molar-refractivity contribution in [2.75, 3.05) is 0 Å². The van der Waals surface area contributed by atoms with Gasteiger partial charge in [0.2, 0.25) is 0 Å². The van der Waals surface area contributed by atoms with Crippen LogP contribution in [0.1, 0.15) is 24.5 Å². The lowest BCUT2D eigenvalue weighted by Crippen LogP contribution is -1.81. The van der Waals surface area contributed by atoms with Crippen LogP contribution in [-0.4, -0.2) is 15.2 Å². The Morgan fingerprint density at radius 3 is 3.08 bits per heavy atom. The summed E-state index contributed by atoms with van der Waals surface area (Å²) in [6, 6.07) is 0. The molecule has 13 heavy (non-hydrogen) atoms. The summed E-state index contributed by atoms with van der Waals surface area (Å²) in [6.45, 7) is 0. The van der Waals surface area contributed by atoms with Gasteiger partial charge in [-0.3, -0.25) is 5.10 Å². The molecule has 66 valence electrons. The molecule has 4 heteroatoms.